The van der Waals surface area contributed by atoms with Crippen molar-refractivity contribution in [1.29, 1.82) is 0 Å². The van der Waals surface area contributed by atoms with E-state index in [2.05, 4.69) is 10.6 Å². The van der Waals surface area contributed by atoms with Crippen LogP contribution in [-0.2, 0) is 16.1 Å². The van der Waals surface area contributed by atoms with Crippen molar-refractivity contribution in [3.05, 3.63) is 69.7 Å². The molecule has 0 fully saturated rings. The Labute approximate surface area is 172 Å². The number of benzene rings is 1. The molecule has 2 aromatic heterocycles. The van der Waals surface area contributed by atoms with Gasteiger partial charge < -0.3 is 18.8 Å². The molecule has 4 rings (SSSR count). The predicted molar refractivity (Wildman–Crippen MR) is 109 cm³/mol. The molecule has 0 radical (unpaired) electrons. The maximum absolute atomic E-state index is 12.7. The molecule has 3 aromatic rings. The Kier molecular flexibility index (Phi) is 5.40. The first-order valence-corrected chi connectivity index (χ1v) is 10.2. The lowest BCUT2D eigenvalue weighted by Gasteiger charge is -2.24. The van der Waals surface area contributed by atoms with Crippen molar-refractivity contribution in [1.82, 2.24) is 4.57 Å². The number of ether oxygens (including phenoxy) is 3. The normalized spacial score (nSPS) is 15.2. The lowest BCUT2D eigenvalue weighted by molar-refractivity contribution is -0.153. The fraction of sp³-hybridized carbons (Fsp3) is 0.273. The van der Waals surface area contributed by atoms with E-state index >= 15 is 0 Å². The van der Waals surface area contributed by atoms with Crippen LogP contribution in [0.4, 0.5) is 0 Å². The Morgan fingerprint density at radius 1 is 1.17 bits per heavy atom. The van der Waals surface area contributed by atoms with Crippen molar-refractivity contribution in [3.63, 3.8) is 0 Å². The van der Waals surface area contributed by atoms with E-state index < -0.39 is 12.1 Å². The summed E-state index contributed by atoms with van der Waals surface area (Å²) in [6.07, 6.45) is -0.885. The zero-order valence-electron chi connectivity index (χ0n) is 16.2. The molecule has 0 unspecified atom stereocenters. The minimum Gasteiger partial charge on any atom is -0.485 e. The molecular formula is C22H21NO5S. The standard InChI is InChI=1S/C22H21NO5S/c1-14-10-17(15(2)23(14)11-16-6-5-9-29-16)18(24)12-27-22(25)21-13-26-19-7-3-4-8-20(19)28-21/h3-10,21H,11-13H2,1-2H3/t21-/m1/s1. The maximum atomic E-state index is 12.7. The summed E-state index contributed by atoms with van der Waals surface area (Å²) in [7, 11) is 0. The first kappa shape index (κ1) is 19.3. The van der Waals surface area contributed by atoms with Crippen LogP contribution in [0.1, 0.15) is 26.6 Å². The lowest BCUT2D eigenvalue weighted by atomic mass is 10.1. The third-order valence-electron chi connectivity index (χ3n) is 4.89. The van der Waals surface area contributed by atoms with Gasteiger partial charge in [-0.25, -0.2) is 4.79 Å². The van der Waals surface area contributed by atoms with Crippen LogP contribution in [0.2, 0.25) is 0 Å². The van der Waals surface area contributed by atoms with Crippen LogP contribution in [0, 0.1) is 13.8 Å². The molecule has 3 heterocycles. The largest absolute Gasteiger partial charge is 0.485 e. The van der Waals surface area contributed by atoms with Gasteiger partial charge in [-0.05, 0) is 43.5 Å². The number of para-hydroxylation sites is 2. The number of ketones is 1. The Morgan fingerprint density at radius 2 is 1.97 bits per heavy atom. The molecule has 0 bridgehead atoms. The molecule has 1 atom stereocenters. The van der Waals surface area contributed by atoms with Crippen molar-refractivity contribution < 1.29 is 23.8 Å². The molecular weight excluding hydrogens is 390 g/mol. The van der Waals surface area contributed by atoms with E-state index in [0.29, 0.717) is 17.1 Å². The van der Waals surface area contributed by atoms with Gasteiger partial charge in [0.1, 0.15) is 6.61 Å². The Morgan fingerprint density at radius 3 is 2.72 bits per heavy atom. The number of hydrogen-bond acceptors (Lipinski definition) is 6. The van der Waals surface area contributed by atoms with Gasteiger partial charge in [0.15, 0.2) is 18.1 Å². The highest BCUT2D eigenvalue weighted by Gasteiger charge is 2.29. The fourth-order valence-electron chi connectivity index (χ4n) is 3.33. The van der Waals surface area contributed by atoms with Gasteiger partial charge in [-0.2, -0.15) is 0 Å². The molecule has 0 saturated carbocycles. The van der Waals surface area contributed by atoms with E-state index in [-0.39, 0.29) is 19.0 Å². The number of thiophene rings is 1. The Bertz CT molecular complexity index is 1040. The summed E-state index contributed by atoms with van der Waals surface area (Å²) >= 11 is 1.68. The highest BCUT2D eigenvalue weighted by atomic mass is 32.1. The topological polar surface area (TPSA) is 66.8 Å². The molecule has 0 saturated heterocycles. The maximum Gasteiger partial charge on any atom is 0.351 e. The van der Waals surface area contributed by atoms with Crippen molar-refractivity contribution in [3.8, 4) is 11.5 Å². The van der Waals surface area contributed by atoms with Gasteiger partial charge in [0.05, 0.1) is 6.54 Å². The van der Waals surface area contributed by atoms with Crippen LogP contribution in [-0.4, -0.2) is 35.6 Å². The number of carbonyl (C=O) groups excluding carboxylic acids is 2. The van der Waals surface area contributed by atoms with Gasteiger partial charge in [-0.1, -0.05) is 18.2 Å². The van der Waals surface area contributed by atoms with Crippen LogP contribution in [0.3, 0.4) is 0 Å². The summed E-state index contributed by atoms with van der Waals surface area (Å²) < 4.78 is 18.5. The number of carbonyl (C=O) groups is 2. The summed E-state index contributed by atoms with van der Waals surface area (Å²) in [6.45, 7) is 4.32. The smallest absolute Gasteiger partial charge is 0.351 e. The molecule has 1 aromatic carbocycles. The molecule has 0 aliphatic carbocycles. The average Bonchev–Trinajstić information content (AvgIpc) is 3.35. The highest BCUT2D eigenvalue weighted by molar-refractivity contribution is 7.09. The molecule has 7 heteroatoms. The van der Waals surface area contributed by atoms with Gasteiger partial charge >= 0.3 is 5.97 Å². The van der Waals surface area contributed by atoms with Gasteiger partial charge in [-0.15, -0.1) is 11.3 Å². The molecule has 29 heavy (non-hydrogen) atoms. The SMILES string of the molecule is Cc1cc(C(=O)COC(=O)[C@H]2COc3ccccc3O2)c(C)n1Cc1cccs1. The third-order valence-corrected chi connectivity index (χ3v) is 5.75. The summed E-state index contributed by atoms with van der Waals surface area (Å²) in [4.78, 5) is 26.2. The number of rotatable bonds is 6. The summed E-state index contributed by atoms with van der Waals surface area (Å²) in [5.41, 5.74) is 2.42. The summed E-state index contributed by atoms with van der Waals surface area (Å²) in [5.74, 6) is 0.233. The molecule has 1 aliphatic rings. The second-order valence-electron chi connectivity index (χ2n) is 6.85. The van der Waals surface area contributed by atoms with E-state index in [1.54, 1.807) is 29.5 Å². The number of esters is 1. The number of Topliss-reactive ketones (excluding diaryl/α,β-unsaturated/α-hetero) is 1. The molecule has 1 aliphatic heterocycles. The first-order chi connectivity index (χ1) is 14.0. The van der Waals surface area contributed by atoms with Gasteiger partial charge in [0.25, 0.3) is 0 Å². The summed E-state index contributed by atoms with van der Waals surface area (Å²) in [5, 5.41) is 2.03. The van der Waals surface area contributed by atoms with Gasteiger partial charge in [0.2, 0.25) is 11.9 Å². The fourth-order valence-corrected chi connectivity index (χ4v) is 4.02. The van der Waals surface area contributed by atoms with Gasteiger partial charge in [-0.3, -0.25) is 4.79 Å². The predicted octanol–water partition coefficient (Wildman–Crippen LogP) is 3.78. The quantitative estimate of drug-likeness (QED) is 0.456. The van der Waals surface area contributed by atoms with Crippen molar-refractivity contribution in [2.45, 2.75) is 26.5 Å². The van der Waals surface area contributed by atoms with E-state index in [1.807, 2.05) is 37.4 Å². The highest BCUT2D eigenvalue weighted by Crippen LogP contribution is 2.31. The van der Waals surface area contributed by atoms with Crippen molar-refractivity contribution in [2.75, 3.05) is 13.2 Å². The molecule has 0 N–H and O–H groups in total. The zero-order chi connectivity index (χ0) is 20.4. The second kappa shape index (κ2) is 8.13. The van der Waals surface area contributed by atoms with Crippen LogP contribution in [0.5, 0.6) is 11.5 Å². The van der Waals surface area contributed by atoms with Crippen molar-refractivity contribution in [2.24, 2.45) is 0 Å². The number of aryl methyl sites for hydroxylation is 1. The van der Waals surface area contributed by atoms with Crippen molar-refractivity contribution >= 4 is 23.1 Å². The monoisotopic (exact) mass is 411 g/mol. The molecule has 6 nitrogen and oxygen atoms in total. The van der Waals surface area contributed by atoms with E-state index in [0.717, 1.165) is 17.9 Å². The number of hydrogen-bond donors (Lipinski definition) is 0. The van der Waals surface area contributed by atoms with E-state index in [4.69, 9.17) is 14.2 Å². The Hall–Kier alpha value is -3.06. The minimum absolute atomic E-state index is 0.0549. The third kappa shape index (κ3) is 4.05. The Balaban J connectivity index is 1.38. The molecule has 0 amide bonds. The van der Waals surface area contributed by atoms with Crippen LogP contribution in [0.25, 0.3) is 0 Å². The number of fused-ring (bicyclic) bond motifs is 1. The summed E-state index contributed by atoms with van der Waals surface area (Å²) in [6, 6.07) is 13.0. The zero-order valence-corrected chi connectivity index (χ0v) is 17.0. The van der Waals surface area contributed by atoms with E-state index in [1.165, 1.54) is 4.88 Å². The lowest BCUT2D eigenvalue weighted by Crippen LogP contribution is -2.38. The minimum atomic E-state index is -0.885. The second-order valence-corrected chi connectivity index (χ2v) is 7.88. The van der Waals surface area contributed by atoms with E-state index in [9.17, 15) is 9.59 Å². The van der Waals surface area contributed by atoms with Gasteiger partial charge in [0, 0.05) is 21.8 Å². The number of nitrogens with zero attached hydrogens (tertiary/aromatic N) is 1. The van der Waals surface area contributed by atoms with Crippen LogP contribution in [0.15, 0.2) is 47.8 Å². The van der Waals surface area contributed by atoms with Crippen LogP contribution >= 0.6 is 11.3 Å². The number of aromatic nitrogens is 1. The molecule has 150 valence electrons. The first-order valence-electron chi connectivity index (χ1n) is 9.30. The van der Waals surface area contributed by atoms with Crippen LogP contribution < -0.4 is 9.47 Å². The molecule has 0 spiro atoms. The average molecular weight is 411 g/mol.